The smallest absolute Gasteiger partial charge is 0.222 e. The van der Waals surface area contributed by atoms with Crippen LogP contribution < -0.4 is 5.73 Å². The van der Waals surface area contributed by atoms with Crippen molar-refractivity contribution in [1.82, 2.24) is 4.90 Å². The van der Waals surface area contributed by atoms with Crippen LogP contribution in [0.25, 0.3) is 0 Å². The first-order valence-electron chi connectivity index (χ1n) is 4.30. The summed E-state index contributed by atoms with van der Waals surface area (Å²) in [7, 11) is 0. The maximum Gasteiger partial charge on any atom is 0.222 e. The van der Waals surface area contributed by atoms with Crippen LogP contribution in [-0.2, 0) is 4.79 Å². The first-order valence-corrected chi connectivity index (χ1v) is 4.30. The third-order valence-electron chi connectivity index (χ3n) is 1.68. The molecular weight excluding hydrogens is 159 g/mol. The lowest BCUT2D eigenvalue weighted by Crippen LogP contribution is -2.32. The van der Waals surface area contributed by atoms with E-state index in [0.717, 1.165) is 0 Å². The summed E-state index contributed by atoms with van der Waals surface area (Å²) in [6, 6.07) is 0. The fraction of sp³-hybridized carbons (Fsp3) is 0.875. The van der Waals surface area contributed by atoms with Crippen molar-refractivity contribution in [3.8, 4) is 0 Å². The predicted octanol–water partition coefficient (Wildman–Crippen LogP) is 0.543. The second kappa shape index (κ2) is 7.03. The molecule has 0 radical (unpaired) electrons. The van der Waals surface area contributed by atoms with E-state index in [-0.39, 0.29) is 12.5 Å². The van der Waals surface area contributed by atoms with Crippen LogP contribution in [0.3, 0.4) is 0 Å². The Hall–Kier alpha value is -0.640. The van der Waals surface area contributed by atoms with Crippen LogP contribution in [0.15, 0.2) is 0 Å². The number of nitrogens with two attached hydrogens (primary N) is 1. The van der Waals surface area contributed by atoms with E-state index in [0.29, 0.717) is 25.9 Å². The number of amides is 1. The minimum Gasteiger partial charge on any atom is -0.340 e. The number of halogens is 1. The molecule has 0 aromatic rings. The minimum absolute atomic E-state index is 0.000556. The Bertz CT molecular complexity index is 130. The monoisotopic (exact) mass is 176 g/mol. The van der Waals surface area contributed by atoms with Gasteiger partial charge in [0.05, 0.1) is 0 Å². The molecular formula is C8H17FN2O. The molecule has 0 bridgehead atoms. The van der Waals surface area contributed by atoms with Gasteiger partial charge < -0.3 is 10.6 Å². The first kappa shape index (κ1) is 11.4. The standard InChI is InChI=1S/C8H17FN2O/c1-2-11(7-5-9)8(12)4-3-6-10/h2-7,10H2,1H3. The number of carbonyl (C=O) groups excluding carboxylic acids is 1. The SMILES string of the molecule is CCN(CCF)C(=O)CCCN. The normalized spacial score (nSPS) is 9.92. The molecule has 3 nitrogen and oxygen atoms in total. The van der Waals surface area contributed by atoms with E-state index in [1.54, 1.807) is 0 Å². The number of alkyl halides is 1. The van der Waals surface area contributed by atoms with Crippen LogP contribution in [-0.4, -0.2) is 37.1 Å². The van der Waals surface area contributed by atoms with Gasteiger partial charge >= 0.3 is 0 Å². The molecule has 0 aliphatic carbocycles. The van der Waals surface area contributed by atoms with Crippen LogP contribution >= 0.6 is 0 Å². The van der Waals surface area contributed by atoms with E-state index >= 15 is 0 Å². The molecule has 0 aromatic carbocycles. The molecule has 0 saturated carbocycles. The Morgan fingerprint density at radius 2 is 2.25 bits per heavy atom. The fourth-order valence-corrected chi connectivity index (χ4v) is 0.973. The van der Waals surface area contributed by atoms with Gasteiger partial charge in [-0.3, -0.25) is 4.79 Å². The third-order valence-corrected chi connectivity index (χ3v) is 1.68. The van der Waals surface area contributed by atoms with Gasteiger partial charge in [0.1, 0.15) is 6.67 Å². The molecule has 72 valence electrons. The van der Waals surface area contributed by atoms with Gasteiger partial charge in [-0.25, -0.2) is 4.39 Å². The Morgan fingerprint density at radius 3 is 2.67 bits per heavy atom. The highest BCUT2D eigenvalue weighted by Crippen LogP contribution is 1.96. The van der Waals surface area contributed by atoms with Gasteiger partial charge in [0, 0.05) is 19.5 Å². The highest BCUT2D eigenvalue weighted by atomic mass is 19.1. The van der Waals surface area contributed by atoms with Crippen molar-refractivity contribution in [2.24, 2.45) is 5.73 Å². The zero-order valence-corrected chi connectivity index (χ0v) is 7.55. The summed E-state index contributed by atoms with van der Waals surface area (Å²) < 4.78 is 11.9. The van der Waals surface area contributed by atoms with Gasteiger partial charge in [0.25, 0.3) is 0 Å². The molecule has 0 atom stereocenters. The molecule has 0 heterocycles. The second-order valence-electron chi connectivity index (χ2n) is 2.55. The zero-order chi connectivity index (χ0) is 9.40. The molecule has 4 heteroatoms. The maximum atomic E-state index is 11.9. The third kappa shape index (κ3) is 4.28. The van der Waals surface area contributed by atoms with Crippen LogP contribution in [0.4, 0.5) is 4.39 Å². The predicted molar refractivity (Wildman–Crippen MR) is 46.5 cm³/mol. The summed E-state index contributed by atoms with van der Waals surface area (Å²) in [5, 5.41) is 0. The van der Waals surface area contributed by atoms with Gasteiger partial charge in [-0.2, -0.15) is 0 Å². The average Bonchev–Trinajstić information content (AvgIpc) is 2.10. The lowest BCUT2D eigenvalue weighted by atomic mass is 10.3. The van der Waals surface area contributed by atoms with E-state index in [1.165, 1.54) is 4.90 Å². The van der Waals surface area contributed by atoms with Crippen LogP contribution in [0.5, 0.6) is 0 Å². The van der Waals surface area contributed by atoms with E-state index in [2.05, 4.69) is 0 Å². The Balaban J connectivity index is 3.69. The summed E-state index contributed by atoms with van der Waals surface area (Å²) in [5.41, 5.74) is 5.25. The number of rotatable bonds is 6. The summed E-state index contributed by atoms with van der Waals surface area (Å²) in [5.74, 6) is 0.000556. The first-order chi connectivity index (χ1) is 5.76. The molecule has 0 spiro atoms. The number of nitrogens with zero attached hydrogens (tertiary/aromatic N) is 1. The molecule has 0 rings (SSSR count). The van der Waals surface area contributed by atoms with Gasteiger partial charge in [0.2, 0.25) is 5.91 Å². The number of hydrogen-bond acceptors (Lipinski definition) is 2. The Labute approximate surface area is 72.7 Å². The molecule has 0 aliphatic heterocycles. The van der Waals surface area contributed by atoms with Gasteiger partial charge in [-0.1, -0.05) is 0 Å². The molecule has 0 unspecified atom stereocenters. The topological polar surface area (TPSA) is 46.3 Å². The molecule has 0 aromatic heterocycles. The van der Waals surface area contributed by atoms with Crippen LogP contribution in [0.1, 0.15) is 19.8 Å². The van der Waals surface area contributed by atoms with E-state index in [4.69, 9.17) is 5.73 Å². The Kier molecular flexibility index (Phi) is 6.66. The van der Waals surface area contributed by atoms with Crippen molar-refractivity contribution in [2.75, 3.05) is 26.3 Å². The summed E-state index contributed by atoms with van der Waals surface area (Å²) in [6.45, 7) is 2.67. The maximum absolute atomic E-state index is 11.9. The van der Waals surface area contributed by atoms with Crippen molar-refractivity contribution in [2.45, 2.75) is 19.8 Å². The van der Waals surface area contributed by atoms with Gasteiger partial charge in [0.15, 0.2) is 0 Å². The average molecular weight is 176 g/mol. The Morgan fingerprint density at radius 1 is 1.58 bits per heavy atom. The second-order valence-corrected chi connectivity index (χ2v) is 2.55. The zero-order valence-electron chi connectivity index (χ0n) is 7.55. The molecule has 1 amide bonds. The van der Waals surface area contributed by atoms with Crippen molar-refractivity contribution in [3.05, 3.63) is 0 Å². The van der Waals surface area contributed by atoms with Crippen LogP contribution in [0.2, 0.25) is 0 Å². The molecule has 0 fully saturated rings. The molecule has 2 N–H and O–H groups in total. The van der Waals surface area contributed by atoms with Crippen molar-refractivity contribution < 1.29 is 9.18 Å². The van der Waals surface area contributed by atoms with Gasteiger partial charge in [-0.05, 0) is 19.9 Å². The minimum atomic E-state index is -0.470. The molecule has 12 heavy (non-hydrogen) atoms. The molecule has 0 saturated heterocycles. The summed E-state index contributed by atoms with van der Waals surface area (Å²) in [6.07, 6.45) is 1.12. The largest absolute Gasteiger partial charge is 0.340 e. The van der Waals surface area contributed by atoms with E-state index in [1.807, 2.05) is 6.92 Å². The van der Waals surface area contributed by atoms with E-state index < -0.39 is 6.67 Å². The summed E-state index contributed by atoms with van der Waals surface area (Å²) in [4.78, 5) is 12.7. The van der Waals surface area contributed by atoms with Crippen molar-refractivity contribution in [3.63, 3.8) is 0 Å². The lowest BCUT2D eigenvalue weighted by molar-refractivity contribution is -0.131. The van der Waals surface area contributed by atoms with Gasteiger partial charge in [-0.15, -0.1) is 0 Å². The molecule has 0 aliphatic rings. The fourth-order valence-electron chi connectivity index (χ4n) is 0.973. The highest BCUT2D eigenvalue weighted by Gasteiger charge is 2.09. The quantitative estimate of drug-likeness (QED) is 0.642. The van der Waals surface area contributed by atoms with Crippen molar-refractivity contribution >= 4 is 5.91 Å². The van der Waals surface area contributed by atoms with E-state index in [9.17, 15) is 9.18 Å². The number of hydrogen-bond donors (Lipinski definition) is 1. The van der Waals surface area contributed by atoms with Crippen molar-refractivity contribution in [1.29, 1.82) is 0 Å². The number of carbonyl (C=O) groups is 1. The van der Waals surface area contributed by atoms with Crippen LogP contribution in [0, 0.1) is 0 Å². The highest BCUT2D eigenvalue weighted by molar-refractivity contribution is 5.76. The lowest BCUT2D eigenvalue weighted by Gasteiger charge is -2.18. The summed E-state index contributed by atoms with van der Waals surface area (Å²) >= 11 is 0.